The molecule has 0 amide bonds. The molecule has 146 valence electrons. The van der Waals surface area contributed by atoms with Gasteiger partial charge in [-0.2, -0.15) is 4.68 Å². The maximum Gasteiger partial charge on any atom is 0.181 e. The number of rotatable bonds is 5. The number of tetrazole rings is 1. The first-order valence-electron chi connectivity index (χ1n) is 9.59. The highest BCUT2D eigenvalue weighted by Crippen LogP contribution is 2.41. The van der Waals surface area contributed by atoms with Gasteiger partial charge >= 0.3 is 0 Å². The largest absolute Gasteiger partial charge is 0.495 e. The minimum Gasteiger partial charge on any atom is -0.495 e. The Balaban J connectivity index is 1.79. The fourth-order valence-corrected chi connectivity index (χ4v) is 4.11. The number of aryl methyl sites for hydroxylation is 1. The summed E-state index contributed by atoms with van der Waals surface area (Å²) in [6.45, 7) is 1.98. The quantitative estimate of drug-likeness (QED) is 0.663. The van der Waals surface area contributed by atoms with Crippen LogP contribution in [-0.2, 0) is 5.54 Å². The molecule has 0 bridgehead atoms. The van der Waals surface area contributed by atoms with Gasteiger partial charge in [0.25, 0.3) is 0 Å². The zero-order chi connectivity index (χ0) is 19.6. The molecule has 1 aromatic heterocycles. The Labute approximate surface area is 169 Å². The highest BCUT2D eigenvalue weighted by Gasteiger charge is 2.39. The van der Waals surface area contributed by atoms with Crippen molar-refractivity contribution in [3.63, 3.8) is 0 Å². The van der Waals surface area contributed by atoms with Gasteiger partial charge < -0.3 is 10.1 Å². The number of hydrogen-bond donors (Lipinski definition) is 1. The Morgan fingerprint density at radius 1 is 1.11 bits per heavy atom. The fourth-order valence-electron chi connectivity index (χ4n) is 3.94. The molecular formula is C21H24ClN5O. The first kappa shape index (κ1) is 18.7. The van der Waals surface area contributed by atoms with E-state index in [0.717, 1.165) is 54.2 Å². The topological polar surface area (TPSA) is 64.9 Å². The van der Waals surface area contributed by atoms with Gasteiger partial charge in [0.1, 0.15) is 5.75 Å². The molecule has 28 heavy (non-hydrogen) atoms. The van der Waals surface area contributed by atoms with Crippen LogP contribution < -0.4 is 10.1 Å². The second-order valence-electron chi connectivity index (χ2n) is 7.32. The summed E-state index contributed by atoms with van der Waals surface area (Å²) in [5.41, 5.74) is 2.47. The summed E-state index contributed by atoms with van der Waals surface area (Å²) >= 11 is 6.36. The smallest absolute Gasteiger partial charge is 0.181 e. The number of anilines is 1. The number of benzene rings is 2. The van der Waals surface area contributed by atoms with E-state index in [4.69, 9.17) is 16.3 Å². The van der Waals surface area contributed by atoms with Gasteiger partial charge in [0.05, 0.1) is 24.0 Å². The van der Waals surface area contributed by atoms with Crippen LogP contribution in [0.4, 0.5) is 5.69 Å². The maximum absolute atomic E-state index is 6.36. The zero-order valence-corrected chi connectivity index (χ0v) is 16.9. The van der Waals surface area contributed by atoms with E-state index in [2.05, 4.69) is 20.8 Å². The molecule has 1 heterocycles. The number of nitrogens with zero attached hydrogens (tertiary/aromatic N) is 4. The van der Waals surface area contributed by atoms with Crippen LogP contribution in [0.2, 0.25) is 5.02 Å². The number of nitrogens with one attached hydrogen (secondary N) is 1. The van der Waals surface area contributed by atoms with E-state index in [1.165, 1.54) is 6.42 Å². The number of para-hydroxylation sites is 2. The lowest BCUT2D eigenvalue weighted by Gasteiger charge is -2.38. The summed E-state index contributed by atoms with van der Waals surface area (Å²) in [5, 5.41) is 17.2. The fraction of sp³-hybridized carbons (Fsp3) is 0.381. The van der Waals surface area contributed by atoms with Crippen LogP contribution in [-0.4, -0.2) is 27.3 Å². The van der Waals surface area contributed by atoms with E-state index >= 15 is 0 Å². The molecule has 0 radical (unpaired) electrons. The van der Waals surface area contributed by atoms with E-state index in [0.29, 0.717) is 5.02 Å². The van der Waals surface area contributed by atoms with Gasteiger partial charge in [-0.3, -0.25) is 0 Å². The third-order valence-electron chi connectivity index (χ3n) is 5.49. The lowest BCUT2D eigenvalue weighted by atomic mass is 9.80. The molecule has 7 heteroatoms. The standard InChI is InChI=1S/C21H24ClN5O/c1-15-10-11-16(14-17(15)22)27-20(24-25-26-27)21(12-6-3-7-13-21)23-18-8-4-5-9-19(18)28-2/h4-5,8-11,14,23H,3,6-7,12-13H2,1-2H3. The van der Waals surface area contributed by atoms with Crippen molar-refractivity contribution in [1.29, 1.82) is 0 Å². The molecule has 3 aromatic rings. The molecule has 1 N–H and O–H groups in total. The molecule has 0 saturated heterocycles. The van der Waals surface area contributed by atoms with Crippen LogP contribution in [0, 0.1) is 6.92 Å². The van der Waals surface area contributed by atoms with Crippen LogP contribution in [0.1, 0.15) is 43.5 Å². The molecule has 0 atom stereocenters. The van der Waals surface area contributed by atoms with E-state index < -0.39 is 0 Å². The maximum atomic E-state index is 6.36. The van der Waals surface area contributed by atoms with Crippen LogP contribution in [0.5, 0.6) is 5.75 Å². The van der Waals surface area contributed by atoms with Gasteiger partial charge in [-0.25, -0.2) is 0 Å². The summed E-state index contributed by atoms with van der Waals surface area (Å²) in [6, 6.07) is 13.9. The van der Waals surface area contributed by atoms with Crippen molar-refractivity contribution in [3.8, 4) is 11.4 Å². The number of halogens is 1. The van der Waals surface area contributed by atoms with Crippen molar-refractivity contribution in [2.24, 2.45) is 0 Å². The lowest BCUT2D eigenvalue weighted by Crippen LogP contribution is -2.40. The molecule has 1 fully saturated rings. The predicted molar refractivity (Wildman–Crippen MR) is 110 cm³/mol. The third-order valence-corrected chi connectivity index (χ3v) is 5.89. The van der Waals surface area contributed by atoms with E-state index in [1.54, 1.807) is 11.8 Å². The first-order valence-corrected chi connectivity index (χ1v) is 9.97. The average molecular weight is 398 g/mol. The molecule has 0 aliphatic heterocycles. The van der Waals surface area contributed by atoms with Crippen molar-refractivity contribution in [2.45, 2.75) is 44.6 Å². The minimum absolute atomic E-state index is 0.367. The van der Waals surface area contributed by atoms with Crippen molar-refractivity contribution in [2.75, 3.05) is 12.4 Å². The van der Waals surface area contributed by atoms with Crippen molar-refractivity contribution < 1.29 is 4.74 Å². The zero-order valence-electron chi connectivity index (χ0n) is 16.2. The molecule has 0 unspecified atom stereocenters. The van der Waals surface area contributed by atoms with Crippen molar-refractivity contribution in [1.82, 2.24) is 20.2 Å². The molecule has 1 saturated carbocycles. The summed E-state index contributed by atoms with van der Waals surface area (Å²) in [4.78, 5) is 0. The minimum atomic E-state index is -0.367. The summed E-state index contributed by atoms with van der Waals surface area (Å²) in [5.74, 6) is 1.61. The van der Waals surface area contributed by atoms with Gasteiger partial charge in [-0.05, 0) is 60.0 Å². The Hall–Kier alpha value is -2.60. The van der Waals surface area contributed by atoms with Crippen LogP contribution in [0.15, 0.2) is 42.5 Å². The molecule has 4 rings (SSSR count). The second kappa shape index (κ2) is 7.80. The van der Waals surface area contributed by atoms with Crippen LogP contribution in [0.25, 0.3) is 5.69 Å². The van der Waals surface area contributed by atoms with Crippen molar-refractivity contribution in [3.05, 3.63) is 58.9 Å². The van der Waals surface area contributed by atoms with Gasteiger partial charge in [0.2, 0.25) is 0 Å². The Bertz CT molecular complexity index is 965. The number of ether oxygens (including phenoxy) is 1. The summed E-state index contributed by atoms with van der Waals surface area (Å²) in [6.07, 6.45) is 5.34. The van der Waals surface area contributed by atoms with Gasteiger partial charge in [0.15, 0.2) is 5.82 Å². The molecule has 1 aliphatic rings. The third kappa shape index (κ3) is 3.44. The second-order valence-corrected chi connectivity index (χ2v) is 7.72. The van der Waals surface area contributed by atoms with E-state index in [1.807, 2.05) is 49.4 Å². The van der Waals surface area contributed by atoms with Crippen LogP contribution >= 0.6 is 11.6 Å². The van der Waals surface area contributed by atoms with Crippen molar-refractivity contribution >= 4 is 17.3 Å². The summed E-state index contributed by atoms with van der Waals surface area (Å²) < 4.78 is 7.36. The Kier molecular flexibility index (Phi) is 5.22. The molecule has 2 aromatic carbocycles. The van der Waals surface area contributed by atoms with Gasteiger partial charge in [-0.1, -0.05) is 49.1 Å². The summed E-state index contributed by atoms with van der Waals surface area (Å²) in [7, 11) is 1.69. The highest BCUT2D eigenvalue weighted by atomic mass is 35.5. The van der Waals surface area contributed by atoms with E-state index in [-0.39, 0.29) is 5.54 Å². The highest BCUT2D eigenvalue weighted by molar-refractivity contribution is 6.31. The predicted octanol–water partition coefficient (Wildman–Crippen LogP) is 4.90. The lowest BCUT2D eigenvalue weighted by molar-refractivity contribution is 0.308. The van der Waals surface area contributed by atoms with Gasteiger partial charge in [-0.15, -0.1) is 5.10 Å². The molecule has 0 spiro atoms. The molecule has 1 aliphatic carbocycles. The molecule has 6 nitrogen and oxygen atoms in total. The number of hydrogen-bond acceptors (Lipinski definition) is 5. The monoisotopic (exact) mass is 397 g/mol. The SMILES string of the molecule is COc1ccccc1NC1(c2nnnn2-c2ccc(C)c(Cl)c2)CCCCC1. The number of methoxy groups -OCH3 is 1. The Morgan fingerprint density at radius 3 is 2.64 bits per heavy atom. The number of aromatic nitrogens is 4. The normalized spacial score (nSPS) is 16.0. The van der Waals surface area contributed by atoms with E-state index in [9.17, 15) is 0 Å². The average Bonchev–Trinajstić information content (AvgIpc) is 3.22. The van der Waals surface area contributed by atoms with Crippen LogP contribution in [0.3, 0.4) is 0 Å². The van der Waals surface area contributed by atoms with Gasteiger partial charge in [0, 0.05) is 5.02 Å². The Morgan fingerprint density at radius 2 is 1.89 bits per heavy atom. The molecular weight excluding hydrogens is 374 g/mol. The first-order chi connectivity index (χ1) is 13.6.